The van der Waals surface area contributed by atoms with Gasteiger partial charge in [0.05, 0.1) is 0 Å². The number of unbranched alkanes of at least 4 members (excludes halogenated alkanes) is 1. The minimum atomic E-state index is 0.606. The topological polar surface area (TPSA) is 12.0 Å². The van der Waals surface area contributed by atoms with E-state index in [1.807, 2.05) is 18.4 Å². The van der Waals surface area contributed by atoms with Crippen LogP contribution in [0.25, 0.3) is 0 Å². The first-order valence-corrected chi connectivity index (χ1v) is 4.93. The third-order valence-corrected chi connectivity index (χ3v) is 2.26. The molecule has 13 heavy (non-hydrogen) atoms. The van der Waals surface area contributed by atoms with Gasteiger partial charge in [0.1, 0.15) is 0 Å². The zero-order valence-corrected chi connectivity index (χ0v) is 8.29. The Morgan fingerprint density at radius 2 is 2.23 bits per heavy atom. The first kappa shape index (κ1) is 10.1. The van der Waals surface area contributed by atoms with Crippen LogP contribution in [0.5, 0.6) is 0 Å². The molecule has 1 N–H and O–H groups in total. The van der Waals surface area contributed by atoms with Crippen molar-refractivity contribution >= 4 is 0 Å². The lowest BCUT2D eigenvalue weighted by Gasteiger charge is -2.14. The largest absolute Gasteiger partial charge is 0.365 e. The highest BCUT2D eigenvalue weighted by Crippen LogP contribution is 2.16. The van der Waals surface area contributed by atoms with Crippen molar-refractivity contribution in [1.29, 1.82) is 0 Å². The van der Waals surface area contributed by atoms with Gasteiger partial charge in [-0.05, 0) is 24.5 Å². The first-order chi connectivity index (χ1) is 6.34. The quantitative estimate of drug-likeness (QED) is 0.693. The summed E-state index contributed by atoms with van der Waals surface area (Å²) < 4.78 is 0. The van der Waals surface area contributed by atoms with E-state index >= 15 is 0 Å². The molecule has 1 rings (SSSR count). The Morgan fingerprint density at radius 1 is 1.38 bits per heavy atom. The summed E-state index contributed by atoms with van der Waals surface area (Å²) in [6, 6.07) is 0. The van der Waals surface area contributed by atoms with Crippen molar-refractivity contribution in [2.45, 2.75) is 26.2 Å². The van der Waals surface area contributed by atoms with Gasteiger partial charge in [-0.25, -0.2) is 0 Å². The SMILES string of the molecule is [CH2]CCCC(C)C1=CC=CC=CN1. The zero-order chi connectivity index (χ0) is 9.52. The van der Waals surface area contributed by atoms with Crippen LogP contribution >= 0.6 is 0 Å². The van der Waals surface area contributed by atoms with Gasteiger partial charge >= 0.3 is 0 Å². The van der Waals surface area contributed by atoms with Crippen LogP contribution in [0.3, 0.4) is 0 Å². The number of hydrogen-bond acceptors (Lipinski definition) is 1. The Labute approximate surface area is 81.2 Å². The van der Waals surface area contributed by atoms with Crippen LogP contribution in [0.15, 0.2) is 36.2 Å². The van der Waals surface area contributed by atoms with E-state index in [-0.39, 0.29) is 0 Å². The van der Waals surface area contributed by atoms with Gasteiger partial charge in [0, 0.05) is 11.9 Å². The fraction of sp³-hybridized carbons (Fsp3) is 0.417. The molecule has 71 valence electrons. The van der Waals surface area contributed by atoms with Gasteiger partial charge < -0.3 is 5.32 Å². The van der Waals surface area contributed by atoms with E-state index in [9.17, 15) is 0 Å². The van der Waals surface area contributed by atoms with E-state index < -0.39 is 0 Å². The van der Waals surface area contributed by atoms with Crippen molar-refractivity contribution in [3.63, 3.8) is 0 Å². The van der Waals surface area contributed by atoms with Crippen LogP contribution in [0.4, 0.5) is 0 Å². The smallest absolute Gasteiger partial charge is 0.0175 e. The fourth-order valence-electron chi connectivity index (χ4n) is 1.38. The number of hydrogen-bond donors (Lipinski definition) is 1. The van der Waals surface area contributed by atoms with Gasteiger partial charge in [0.15, 0.2) is 0 Å². The average Bonchev–Trinajstić information content (AvgIpc) is 2.42. The van der Waals surface area contributed by atoms with E-state index in [4.69, 9.17) is 0 Å². The monoisotopic (exact) mass is 176 g/mol. The highest BCUT2D eigenvalue weighted by molar-refractivity contribution is 5.22. The van der Waals surface area contributed by atoms with Gasteiger partial charge in [-0.2, -0.15) is 0 Å². The summed E-state index contributed by atoms with van der Waals surface area (Å²) >= 11 is 0. The molecule has 0 aromatic heterocycles. The summed E-state index contributed by atoms with van der Waals surface area (Å²) in [7, 11) is 0. The van der Waals surface area contributed by atoms with Crippen LogP contribution in [0.1, 0.15) is 26.2 Å². The van der Waals surface area contributed by atoms with Gasteiger partial charge in [-0.15, -0.1) is 0 Å². The number of allylic oxidation sites excluding steroid dienone is 5. The van der Waals surface area contributed by atoms with E-state index in [2.05, 4.69) is 31.3 Å². The Bertz CT molecular complexity index is 223. The molecule has 0 aliphatic carbocycles. The maximum atomic E-state index is 3.85. The summed E-state index contributed by atoms with van der Waals surface area (Å²) in [5.74, 6) is 0.606. The minimum Gasteiger partial charge on any atom is -0.365 e. The number of nitrogens with one attached hydrogen (secondary N) is 1. The Hall–Kier alpha value is -0.980. The van der Waals surface area contributed by atoms with E-state index in [0.29, 0.717) is 5.92 Å². The molecule has 0 bridgehead atoms. The molecular formula is C12H18N. The fourth-order valence-corrected chi connectivity index (χ4v) is 1.38. The molecule has 1 heterocycles. The van der Waals surface area contributed by atoms with Crippen LogP contribution in [-0.4, -0.2) is 0 Å². The van der Waals surface area contributed by atoms with Crippen LogP contribution in [0.2, 0.25) is 0 Å². The minimum absolute atomic E-state index is 0.606. The van der Waals surface area contributed by atoms with Crippen LogP contribution in [0, 0.1) is 12.8 Å². The summed E-state index contributed by atoms with van der Waals surface area (Å²) in [6.45, 7) is 6.10. The highest BCUT2D eigenvalue weighted by atomic mass is 14.9. The lowest BCUT2D eigenvalue weighted by atomic mass is 10.0. The molecule has 0 fully saturated rings. The van der Waals surface area contributed by atoms with Gasteiger partial charge in [-0.1, -0.05) is 38.8 Å². The third kappa shape index (κ3) is 3.49. The molecule has 0 amide bonds. The summed E-state index contributed by atoms with van der Waals surface area (Å²) in [6.07, 6.45) is 13.7. The molecule has 1 atom stereocenters. The average molecular weight is 176 g/mol. The molecule has 1 heteroatoms. The third-order valence-electron chi connectivity index (χ3n) is 2.26. The van der Waals surface area contributed by atoms with Crippen molar-refractivity contribution in [3.05, 3.63) is 43.1 Å². The predicted molar refractivity (Wildman–Crippen MR) is 57.9 cm³/mol. The Balaban J connectivity index is 2.45. The normalized spacial score (nSPS) is 17.5. The molecule has 0 aromatic rings. The van der Waals surface area contributed by atoms with Gasteiger partial charge in [-0.3, -0.25) is 0 Å². The second-order valence-electron chi connectivity index (χ2n) is 3.41. The molecule has 1 unspecified atom stereocenters. The molecule has 1 aliphatic rings. The summed E-state index contributed by atoms with van der Waals surface area (Å²) in [4.78, 5) is 0. The summed E-state index contributed by atoms with van der Waals surface area (Å²) in [5.41, 5.74) is 1.30. The van der Waals surface area contributed by atoms with Gasteiger partial charge in [0.25, 0.3) is 0 Å². The molecule has 0 spiro atoms. The second-order valence-corrected chi connectivity index (χ2v) is 3.41. The molecule has 1 nitrogen and oxygen atoms in total. The maximum Gasteiger partial charge on any atom is 0.0175 e. The summed E-state index contributed by atoms with van der Waals surface area (Å²) in [5, 5.41) is 3.29. The Kier molecular flexibility index (Phi) is 4.37. The van der Waals surface area contributed by atoms with Crippen molar-refractivity contribution in [1.82, 2.24) is 5.32 Å². The van der Waals surface area contributed by atoms with E-state index in [1.54, 1.807) is 0 Å². The first-order valence-electron chi connectivity index (χ1n) is 4.93. The maximum absolute atomic E-state index is 3.85. The molecular weight excluding hydrogens is 158 g/mol. The standard InChI is InChI=1S/C12H18N/c1-3-4-8-11(2)12-9-6-5-7-10-13-12/h5-7,9-11,13H,1,3-4,8H2,2H3. The van der Waals surface area contributed by atoms with Crippen LogP contribution in [-0.2, 0) is 0 Å². The lowest BCUT2D eigenvalue weighted by molar-refractivity contribution is 0.561. The lowest BCUT2D eigenvalue weighted by Crippen LogP contribution is -2.12. The zero-order valence-electron chi connectivity index (χ0n) is 8.29. The van der Waals surface area contributed by atoms with Crippen molar-refractivity contribution in [2.75, 3.05) is 0 Å². The van der Waals surface area contributed by atoms with Gasteiger partial charge in [0.2, 0.25) is 0 Å². The van der Waals surface area contributed by atoms with Crippen LogP contribution < -0.4 is 5.32 Å². The molecule has 1 radical (unpaired) electrons. The van der Waals surface area contributed by atoms with Crippen molar-refractivity contribution in [2.24, 2.45) is 5.92 Å². The number of rotatable bonds is 4. The Morgan fingerprint density at radius 3 is 3.00 bits per heavy atom. The molecule has 0 aromatic carbocycles. The van der Waals surface area contributed by atoms with E-state index in [1.165, 1.54) is 18.5 Å². The molecule has 0 saturated heterocycles. The second kappa shape index (κ2) is 5.63. The molecule has 1 aliphatic heterocycles. The van der Waals surface area contributed by atoms with Crippen molar-refractivity contribution in [3.8, 4) is 0 Å². The predicted octanol–water partition coefficient (Wildman–Crippen LogP) is 3.18. The van der Waals surface area contributed by atoms with Crippen molar-refractivity contribution < 1.29 is 0 Å². The highest BCUT2D eigenvalue weighted by Gasteiger charge is 2.06. The van der Waals surface area contributed by atoms with E-state index in [0.717, 1.165) is 6.42 Å². The molecule has 0 saturated carbocycles.